The van der Waals surface area contributed by atoms with Gasteiger partial charge in [-0.05, 0) is 73.5 Å². The van der Waals surface area contributed by atoms with Crippen LogP contribution in [0.15, 0.2) is 54.7 Å². The molecule has 1 amide bonds. The van der Waals surface area contributed by atoms with Gasteiger partial charge in [-0.1, -0.05) is 41.4 Å². The number of benzene rings is 2. The first kappa shape index (κ1) is 25.1. The van der Waals surface area contributed by atoms with E-state index in [1.165, 1.54) is 13.3 Å². The normalized spacial score (nSPS) is 22.4. The first-order valence-corrected chi connectivity index (χ1v) is 12.5. The third-order valence-corrected chi connectivity index (χ3v) is 7.71. The molecular formula is C27H26Cl2FN3O3. The molecule has 0 radical (unpaired) electrons. The SMILES string of the molecule is CON1C(=O)c2ccc(-c3ccc(Cl)cc3)c(Cc3ccc(Cl)cn3)c2[C@@]1(F)C(O)CC1CCN1C. The lowest BCUT2D eigenvalue weighted by Crippen LogP contribution is -2.53. The topological polar surface area (TPSA) is 65.9 Å². The minimum atomic E-state index is -2.58. The second kappa shape index (κ2) is 9.72. The predicted octanol–water partition coefficient (Wildman–Crippen LogP) is 5.24. The molecule has 9 heteroatoms. The first-order valence-electron chi connectivity index (χ1n) is 11.7. The van der Waals surface area contributed by atoms with Gasteiger partial charge in [-0.15, -0.1) is 0 Å². The van der Waals surface area contributed by atoms with Gasteiger partial charge in [0.25, 0.3) is 11.7 Å². The number of aliphatic hydroxyl groups excluding tert-OH is 1. The van der Waals surface area contributed by atoms with Crippen LogP contribution in [0, 0.1) is 0 Å². The molecule has 2 aliphatic rings. The molecule has 36 heavy (non-hydrogen) atoms. The van der Waals surface area contributed by atoms with Crippen LogP contribution in [0.25, 0.3) is 11.1 Å². The number of hydrogen-bond donors (Lipinski definition) is 1. The van der Waals surface area contributed by atoms with Crippen molar-refractivity contribution in [2.45, 2.75) is 37.2 Å². The number of carbonyl (C=O) groups is 1. The molecule has 3 aromatic rings. The van der Waals surface area contributed by atoms with Crippen LogP contribution in [-0.4, -0.2) is 58.8 Å². The number of pyridine rings is 1. The van der Waals surface area contributed by atoms with E-state index in [-0.39, 0.29) is 30.0 Å². The molecule has 0 spiro atoms. The number of hydrogen-bond acceptors (Lipinski definition) is 5. The maximum Gasteiger partial charge on any atom is 0.281 e. The van der Waals surface area contributed by atoms with Crippen LogP contribution in [0.4, 0.5) is 4.39 Å². The quantitative estimate of drug-likeness (QED) is 0.424. The fourth-order valence-electron chi connectivity index (χ4n) is 5.16. The predicted molar refractivity (Wildman–Crippen MR) is 137 cm³/mol. The highest BCUT2D eigenvalue weighted by Crippen LogP contribution is 2.49. The number of aromatic nitrogens is 1. The van der Waals surface area contributed by atoms with Gasteiger partial charge in [0.15, 0.2) is 0 Å². The summed E-state index contributed by atoms with van der Waals surface area (Å²) in [6, 6.07) is 14.1. The molecule has 5 rings (SSSR count). The molecule has 3 atom stereocenters. The van der Waals surface area contributed by atoms with Crippen LogP contribution in [0.5, 0.6) is 0 Å². The van der Waals surface area contributed by atoms with Crippen molar-refractivity contribution in [3.05, 3.63) is 87.2 Å². The third-order valence-electron chi connectivity index (χ3n) is 7.23. The van der Waals surface area contributed by atoms with Crippen LogP contribution in [0.3, 0.4) is 0 Å². The van der Waals surface area contributed by atoms with Crippen LogP contribution in [0.1, 0.15) is 40.0 Å². The van der Waals surface area contributed by atoms with Gasteiger partial charge in [0.1, 0.15) is 6.10 Å². The summed E-state index contributed by atoms with van der Waals surface area (Å²) in [4.78, 5) is 25.0. The zero-order valence-corrected chi connectivity index (χ0v) is 21.4. The standard InChI is InChI=1S/C27H26Cl2FN3O3/c1-32-12-11-20(32)14-24(34)27(30)25-22(26(35)33(27)36-2)10-9-21(16-3-5-17(28)6-4-16)23(25)13-19-8-7-18(29)15-31-19/h3-10,15,20,24,34H,11-14H2,1-2H3/t20?,24?,27-/m1/s1. The monoisotopic (exact) mass is 529 g/mol. The number of halogens is 3. The Labute approximate surface area is 219 Å². The van der Waals surface area contributed by atoms with Crippen LogP contribution in [-0.2, 0) is 17.1 Å². The molecular weight excluding hydrogens is 504 g/mol. The Bertz CT molecular complexity index is 1290. The molecule has 2 unspecified atom stereocenters. The fraction of sp³-hybridized carbons (Fsp3) is 0.333. The van der Waals surface area contributed by atoms with Crippen molar-refractivity contribution in [3.8, 4) is 11.1 Å². The molecule has 3 heterocycles. The number of rotatable bonds is 7. The Hall–Kier alpha value is -2.55. The molecule has 0 aliphatic carbocycles. The highest BCUT2D eigenvalue weighted by Gasteiger charge is 2.58. The Morgan fingerprint density at radius 3 is 2.42 bits per heavy atom. The van der Waals surface area contributed by atoms with E-state index in [1.54, 1.807) is 36.4 Å². The average Bonchev–Trinajstić information content (AvgIpc) is 3.10. The zero-order valence-electron chi connectivity index (χ0n) is 19.9. The number of likely N-dealkylation sites (tertiary alicyclic amines) is 1. The molecule has 2 aliphatic heterocycles. The lowest BCUT2D eigenvalue weighted by Gasteiger charge is -2.42. The van der Waals surface area contributed by atoms with E-state index < -0.39 is 17.8 Å². The maximum absolute atomic E-state index is 17.3. The third kappa shape index (κ3) is 4.19. The van der Waals surface area contributed by atoms with Crippen molar-refractivity contribution in [2.24, 2.45) is 0 Å². The van der Waals surface area contributed by atoms with Gasteiger partial charge in [-0.25, -0.2) is 4.39 Å². The van der Waals surface area contributed by atoms with Crippen LogP contribution in [0.2, 0.25) is 10.0 Å². The summed E-state index contributed by atoms with van der Waals surface area (Å²) in [5.41, 5.74) is 2.95. The lowest BCUT2D eigenvalue weighted by atomic mass is 9.83. The number of hydroxylamine groups is 2. The number of aliphatic hydroxyl groups is 1. The van der Waals surface area contributed by atoms with Crippen molar-refractivity contribution < 1.29 is 19.1 Å². The molecule has 188 valence electrons. The minimum Gasteiger partial charge on any atom is -0.387 e. The zero-order chi connectivity index (χ0) is 25.6. The van der Waals surface area contributed by atoms with Gasteiger partial charge < -0.3 is 10.0 Å². The lowest BCUT2D eigenvalue weighted by molar-refractivity contribution is -0.249. The minimum absolute atomic E-state index is 0.0197. The van der Waals surface area contributed by atoms with E-state index in [9.17, 15) is 9.90 Å². The van der Waals surface area contributed by atoms with Gasteiger partial charge in [0.2, 0.25) is 0 Å². The summed E-state index contributed by atoms with van der Waals surface area (Å²) >= 11 is 12.1. The van der Waals surface area contributed by atoms with Crippen molar-refractivity contribution in [1.82, 2.24) is 14.9 Å². The summed E-state index contributed by atoms with van der Waals surface area (Å²) < 4.78 is 17.3. The van der Waals surface area contributed by atoms with E-state index in [2.05, 4.69) is 9.88 Å². The highest BCUT2D eigenvalue weighted by molar-refractivity contribution is 6.30. The van der Waals surface area contributed by atoms with E-state index in [1.807, 2.05) is 19.2 Å². The van der Waals surface area contributed by atoms with Crippen LogP contribution >= 0.6 is 23.2 Å². The molecule has 0 bridgehead atoms. The summed E-state index contributed by atoms with van der Waals surface area (Å²) in [7, 11) is 3.17. The summed E-state index contributed by atoms with van der Waals surface area (Å²) in [5.74, 6) is -3.22. The van der Waals surface area contributed by atoms with Crippen molar-refractivity contribution in [3.63, 3.8) is 0 Å². The number of carbonyl (C=O) groups excluding carboxylic acids is 1. The van der Waals surface area contributed by atoms with Crippen molar-refractivity contribution in [2.75, 3.05) is 20.7 Å². The molecule has 2 aromatic carbocycles. The van der Waals surface area contributed by atoms with Crippen molar-refractivity contribution >= 4 is 29.1 Å². The van der Waals surface area contributed by atoms with Crippen LogP contribution < -0.4 is 0 Å². The molecule has 1 N–H and O–H groups in total. The summed E-state index contributed by atoms with van der Waals surface area (Å²) in [5, 5.41) is 13.1. The Kier molecular flexibility index (Phi) is 6.78. The Morgan fingerprint density at radius 2 is 1.83 bits per heavy atom. The second-order valence-corrected chi connectivity index (χ2v) is 10.2. The summed E-state index contributed by atoms with van der Waals surface area (Å²) in [6.45, 7) is 0.883. The number of amides is 1. The van der Waals surface area contributed by atoms with E-state index in [4.69, 9.17) is 28.0 Å². The fourth-order valence-corrected chi connectivity index (χ4v) is 5.40. The van der Waals surface area contributed by atoms with Crippen molar-refractivity contribution in [1.29, 1.82) is 0 Å². The average molecular weight is 530 g/mol. The second-order valence-electron chi connectivity index (χ2n) is 9.30. The summed E-state index contributed by atoms with van der Waals surface area (Å²) in [6.07, 6.45) is 1.24. The first-order chi connectivity index (χ1) is 17.2. The Balaban J connectivity index is 1.70. The van der Waals surface area contributed by atoms with Gasteiger partial charge in [0, 0.05) is 34.9 Å². The van der Waals surface area contributed by atoms with E-state index in [0.29, 0.717) is 31.9 Å². The maximum atomic E-state index is 17.3. The van der Waals surface area contributed by atoms with Gasteiger partial charge in [-0.2, -0.15) is 5.06 Å². The number of fused-ring (bicyclic) bond motifs is 1. The molecule has 1 fully saturated rings. The molecule has 6 nitrogen and oxygen atoms in total. The highest BCUT2D eigenvalue weighted by atomic mass is 35.5. The Morgan fingerprint density at radius 1 is 1.14 bits per heavy atom. The largest absolute Gasteiger partial charge is 0.387 e. The van der Waals surface area contributed by atoms with Gasteiger partial charge in [-0.3, -0.25) is 14.6 Å². The van der Waals surface area contributed by atoms with E-state index in [0.717, 1.165) is 18.5 Å². The van der Waals surface area contributed by atoms with E-state index >= 15 is 4.39 Å². The molecule has 1 aromatic heterocycles. The molecule has 1 saturated heterocycles. The number of nitrogens with zero attached hydrogens (tertiary/aromatic N) is 3. The number of alkyl halides is 1. The van der Waals surface area contributed by atoms with Gasteiger partial charge >= 0.3 is 0 Å². The smallest absolute Gasteiger partial charge is 0.281 e. The molecule has 0 saturated carbocycles. The van der Waals surface area contributed by atoms with Gasteiger partial charge in [0.05, 0.1) is 17.7 Å².